The Hall–Kier alpha value is -4.41. The molecule has 1 aliphatic carbocycles. The molecule has 0 aliphatic heterocycles. The van der Waals surface area contributed by atoms with Crippen molar-refractivity contribution in [2.45, 2.75) is 112 Å². The number of pyridine rings is 2. The number of hydrogen-bond donors (Lipinski definition) is 3. The summed E-state index contributed by atoms with van der Waals surface area (Å²) in [7, 11) is 0. The van der Waals surface area contributed by atoms with Gasteiger partial charge in [-0.05, 0) is 85.1 Å². The van der Waals surface area contributed by atoms with Gasteiger partial charge in [-0.1, -0.05) is 116 Å². The van der Waals surface area contributed by atoms with Gasteiger partial charge in [0.1, 0.15) is 11.3 Å². The first-order chi connectivity index (χ1) is 24.2. The zero-order chi connectivity index (χ0) is 36.0. The third-order valence-electron chi connectivity index (χ3n) is 9.28. The summed E-state index contributed by atoms with van der Waals surface area (Å²) in [5, 5.41) is 10.1. The molecule has 7 heteroatoms. The lowest BCUT2D eigenvalue weighted by Crippen LogP contribution is -2.30. The van der Waals surface area contributed by atoms with Gasteiger partial charge in [-0.3, -0.25) is 9.36 Å². The molecule has 2 heterocycles. The van der Waals surface area contributed by atoms with E-state index in [0.29, 0.717) is 23.7 Å². The van der Waals surface area contributed by atoms with Crippen LogP contribution in [0.25, 0.3) is 22.2 Å². The molecule has 0 atom stereocenters. The molecule has 1 fully saturated rings. The van der Waals surface area contributed by atoms with Gasteiger partial charge in [0.05, 0.1) is 0 Å². The minimum Gasteiger partial charge on any atom is -0.317 e. The number of unbranched alkanes of at least 4 members (excludes halogenated alkanes) is 1. The van der Waals surface area contributed by atoms with Crippen molar-refractivity contribution in [3.63, 3.8) is 0 Å². The maximum absolute atomic E-state index is 14.3. The van der Waals surface area contributed by atoms with Crippen LogP contribution in [0.4, 0.5) is 16.2 Å². The first-order valence-electron chi connectivity index (χ1n) is 18.7. The molecule has 2 aromatic carbocycles. The maximum atomic E-state index is 14.3. The smallest absolute Gasteiger partial charge is 0.317 e. The Kier molecular flexibility index (Phi) is 14.7. The number of amides is 2. The van der Waals surface area contributed by atoms with Crippen LogP contribution in [0.15, 0.2) is 65.6 Å². The fourth-order valence-corrected chi connectivity index (χ4v) is 6.61. The van der Waals surface area contributed by atoms with Crippen LogP contribution in [0.5, 0.6) is 0 Å². The van der Waals surface area contributed by atoms with E-state index in [-0.39, 0.29) is 23.1 Å². The largest absolute Gasteiger partial charge is 0.323 e. The van der Waals surface area contributed by atoms with Crippen molar-refractivity contribution >= 4 is 28.4 Å². The van der Waals surface area contributed by atoms with Crippen molar-refractivity contribution < 1.29 is 4.79 Å². The van der Waals surface area contributed by atoms with Gasteiger partial charge < -0.3 is 16.0 Å². The number of carbonyl (C=O) groups is 1. The van der Waals surface area contributed by atoms with Gasteiger partial charge in [-0.2, -0.15) is 0 Å². The van der Waals surface area contributed by atoms with E-state index in [0.717, 1.165) is 72.1 Å². The van der Waals surface area contributed by atoms with E-state index >= 15 is 0 Å². The first kappa shape index (κ1) is 38.4. The van der Waals surface area contributed by atoms with E-state index in [4.69, 9.17) is 0 Å². The topological polar surface area (TPSA) is 88.1 Å². The number of fused-ring (bicyclic) bond motifs is 1. The molecule has 0 radical (unpaired) electrons. The first-order valence-corrected chi connectivity index (χ1v) is 18.7. The Morgan fingerprint density at radius 3 is 2.16 bits per heavy atom. The molecule has 2 amide bonds. The molecule has 0 spiro atoms. The lowest BCUT2D eigenvalue weighted by Gasteiger charge is -2.22. The molecule has 1 aliphatic rings. The zero-order valence-corrected chi connectivity index (χ0v) is 31.3. The molecule has 1 saturated carbocycles. The summed E-state index contributed by atoms with van der Waals surface area (Å²) in [6.07, 6.45) is 9.55. The SMILES string of the molecule is CCCCn1c(=O)c(NC(=O)Nc2c(C(C)C)cccc2C(C)C)c(-c2cccc(C#CC3CCCCC3)c2)c2cccnc21.CCNCC. The van der Waals surface area contributed by atoms with Gasteiger partial charge in [0.15, 0.2) is 0 Å². The van der Waals surface area contributed by atoms with Crippen LogP contribution in [0.2, 0.25) is 0 Å². The highest BCUT2D eigenvalue weighted by Gasteiger charge is 2.23. The Labute approximate surface area is 299 Å². The minimum absolute atomic E-state index is 0.213. The van der Waals surface area contributed by atoms with Gasteiger partial charge in [0, 0.05) is 40.9 Å². The van der Waals surface area contributed by atoms with E-state index in [9.17, 15) is 9.59 Å². The molecule has 2 aromatic heterocycles. The van der Waals surface area contributed by atoms with Crippen molar-refractivity contribution in [1.29, 1.82) is 0 Å². The number of anilines is 2. The molecule has 3 N–H and O–H groups in total. The molecule has 4 aromatic rings. The lowest BCUT2D eigenvalue weighted by atomic mass is 9.89. The number of nitrogens with zero attached hydrogens (tertiary/aromatic N) is 2. The van der Waals surface area contributed by atoms with Crippen LogP contribution in [0, 0.1) is 17.8 Å². The minimum atomic E-state index is -0.443. The molecular formula is C43H57N5O2. The van der Waals surface area contributed by atoms with Crippen LogP contribution >= 0.6 is 0 Å². The van der Waals surface area contributed by atoms with Crippen molar-refractivity contribution in [2.24, 2.45) is 5.92 Å². The van der Waals surface area contributed by atoms with E-state index in [2.05, 4.69) is 93.4 Å². The number of urea groups is 1. The molecule has 0 saturated heterocycles. The third kappa shape index (κ3) is 9.85. The number of carbonyl (C=O) groups excluding carboxylic acids is 1. The molecule has 5 rings (SSSR count). The van der Waals surface area contributed by atoms with Gasteiger partial charge in [-0.25, -0.2) is 9.78 Å². The van der Waals surface area contributed by atoms with Gasteiger partial charge >= 0.3 is 6.03 Å². The van der Waals surface area contributed by atoms with Crippen LogP contribution in [0.1, 0.15) is 122 Å². The second-order valence-electron chi connectivity index (χ2n) is 13.8. The molecule has 0 bridgehead atoms. The fraction of sp³-hybridized carbons (Fsp3) is 0.465. The number of rotatable bonds is 10. The average molecular weight is 676 g/mol. The summed E-state index contributed by atoms with van der Waals surface area (Å²) in [6.45, 7) is 17.5. The molecule has 50 heavy (non-hydrogen) atoms. The number of hydrogen-bond acceptors (Lipinski definition) is 4. The number of aryl methyl sites for hydroxylation is 1. The number of para-hydroxylation sites is 1. The van der Waals surface area contributed by atoms with Crippen LogP contribution in [-0.2, 0) is 6.54 Å². The molecule has 7 nitrogen and oxygen atoms in total. The second-order valence-corrected chi connectivity index (χ2v) is 13.8. The second kappa shape index (κ2) is 19.1. The third-order valence-corrected chi connectivity index (χ3v) is 9.28. The molecular weight excluding hydrogens is 619 g/mol. The highest BCUT2D eigenvalue weighted by Crippen LogP contribution is 2.35. The predicted molar refractivity (Wildman–Crippen MR) is 211 cm³/mol. The Morgan fingerprint density at radius 1 is 0.880 bits per heavy atom. The zero-order valence-electron chi connectivity index (χ0n) is 31.3. The standard InChI is InChI=1S/C39H46N4O2.C4H11N/c1-6-7-24-43-37-33(20-13-23-40-37)34(30-17-11-16-29(25-30)22-21-28-14-9-8-10-15-28)36(38(43)44)42-39(45)41-35-31(26(2)3)18-12-19-32(35)27(4)5;1-3-5-4-2/h11-13,16-20,23,25-28H,6-10,14-15,24H2,1-5H3,(H2,41,42,45);5H,3-4H2,1-2H3. The van der Waals surface area contributed by atoms with Crippen molar-refractivity contribution in [1.82, 2.24) is 14.9 Å². The van der Waals surface area contributed by atoms with Crippen molar-refractivity contribution in [2.75, 3.05) is 23.7 Å². The summed E-state index contributed by atoms with van der Waals surface area (Å²) >= 11 is 0. The number of nitrogens with one attached hydrogen (secondary N) is 3. The Bertz CT molecular complexity index is 1810. The van der Waals surface area contributed by atoms with Crippen LogP contribution in [-0.4, -0.2) is 28.7 Å². The predicted octanol–water partition coefficient (Wildman–Crippen LogP) is 10.3. The summed E-state index contributed by atoms with van der Waals surface area (Å²) < 4.78 is 1.70. The van der Waals surface area contributed by atoms with Gasteiger partial charge in [-0.15, -0.1) is 0 Å². The summed E-state index contributed by atoms with van der Waals surface area (Å²) in [4.78, 5) is 32.8. The average Bonchev–Trinajstić information content (AvgIpc) is 3.12. The quantitative estimate of drug-likeness (QED) is 0.146. The van der Waals surface area contributed by atoms with E-state index in [1.54, 1.807) is 10.8 Å². The van der Waals surface area contributed by atoms with Crippen LogP contribution < -0.4 is 21.5 Å². The highest BCUT2D eigenvalue weighted by atomic mass is 16.2. The van der Waals surface area contributed by atoms with Crippen LogP contribution in [0.3, 0.4) is 0 Å². The highest BCUT2D eigenvalue weighted by molar-refractivity contribution is 6.07. The van der Waals surface area contributed by atoms with E-state index in [1.807, 2.05) is 42.5 Å². The summed E-state index contributed by atoms with van der Waals surface area (Å²) in [6, 6.07) is 17.6. The Balaban J connectivity index is 0.00000105. The van der Waals surface area contributed by atoms with Crippen molar-refractivity contribution in [3.05, 3.63) is 87.8 Å². The van der Waals surface area contributed by atoms with E-state index in [1.165, 1.54) is 19.3 Å². The monoisotopic (exact) mass is 675 g/mol. The number of aromatic nitrogens is 2. The summed E-state index contributed by atoms with van der Waals surface area (Å²) in [5.74, 6) is 7.75. The van der Waals surface area contributed by atoms with Gasteiger partial charge in [0.2, 0.25) is 0 Å². The van der Waals surface area contributed by atoms with E-state index < -0.39 is 6.03 Å². The summed E-state index contributed by atoms with van der Waals surface area (Å²) in [5.41, 5.74) is 5.89. The lowest BCUT2D eigenvalue weighted by molar-refractivity contribution is 0.262. The van der Waals surface area contributed by atoms with Gasteiger partial charge in [0.25, 0.3) is 5.56 Å². The Morgan fingerprint density at radius 2 is 1.54 bits per heavy atom. The molecule has 0 unspecified atom stereocenters. The van der Waals surface area contributed by atoms with Crippen molar-refractivity contribution in [3.8, 4) is 23.0 Å². The fourth-order valence-electron chi connectivity index (χ4n) is 6.61. The molecule has 266 valence electrons. The number of benzene rings is 2. The maximum Gasteiger partial charge on any atom is 0.323 e. The normalized spacial score (nSPS) is 13.1.